The maximum Gasteiger partial charge on any atom is 0.294 e. The third-order valence-corrected chi connectivity index (χ3v) is 20.2. The second-order valence-corrected chi connectivity index (χ2v) is 27.2. The van der Waals surface area contributed by atoms with Crippen LogP contribution in [0.2, 0.25) is 0 Å². The number of hydrogen-bond acceptors (Lipinski definition) is 17. The average molecular weight is 1480 g/mol. The van der Waals surface area contributed by atoms with Crippen LogP contribution in [-0.4, -0.2) is 149 Å². The van der Waals surface area contributed by atoms with Gasteiger partial charge in [0.25, 0.3) is 52.8 Å². The Kier molecular flexibility index (Phi) is 25.0. The molecule has 0 unspecified atom stereocenters. The molecule has 9 heterocycles. The van der Waals surface area contributed by atoms with Gasteiger partial charge in [0.15, 0.2) is 0 Å². The first-order valence-electron chi connectivity index (χ1n) is 35.5. The highest BCUT2D eigenvalue weighted by Gasteiger charge is 2.35. The van der Waals surface area contributed by atoms with Gasteiger partial charge in [0.1, 0.15) is 29.1 Å². The topological polar surface area (TPSA) is 315 Å². The van der Waals surface area contributed by atoms with Crippen LogP contribution >= 0.6 is 0 Å². The maximum atomic E-state index is 13.6. The summed E-state index contributed by atoms with van der Waals surface area (Å²) in [6.07, 6.45) is 14.2. The fraction of sp³-hybridized carbons (Fsp3) is 0.342. The zero-order chi connectivity index (χ0) is 77.9. The molecule has 3 fully saturated rings. The van der Waals surface area contributed by atoms with Crippen LogP contribution in [0.15, 0.2) is 116 Å². The number of nitrogens with one attached hydrogen (secondary N) is 6. The predicted octanol–water partition coefficient (Wildman–Crippen LogP) is 9.90. The quantitative estimate of drug-likeness (QED) is 0.0344. The molecule has 29 heteroatoms. The standard InChI is InChI=1S/C27H30FN5O3.2C26H29FN6O3/c1-16-15-20(8-9-21(16)28)31-26(35)23-17(2)24(32(4)18(23)3)25(34)27(36)30-19-10-13-33(14-11-19)22-7-5-6-12-29-22;1-15-14-19(6-7-20(15)27)31-24(35)21-16(2)22(32(4)17(21)3)23(34)25(36)30-18-8-12-33(13-9-18)26-28-10-5-11-29-26;1-15-13-19(5-6-20(15)27)31-25(35)22-16(2)23(32(4)17(22)3)24(34)26(36)30-18-7-11-33(12-8-18)21-14-28-9-10-29-21/h5-9,12,15,19H,10-11,13-14H2,1-4H3,(H,30,36)(H,31,35);5-7,10-11,14,18H,8-9,12-13H2,1-4H3,(H,30,36)(H,31,35);5-6,9-10,13-14,18H,7-8,11-12H2,1-4H3,(H,30,36)(H,31,35). The first-order chi connectivity index (χ1) is 51.5. The van der Waals surface area contributed by atoms with Crippen LogP contribution in [0.25, 0.3) is 0 Å². The number of Topliss-reactive ketones (excluding diaryl/α,β-unsaturated/α-hetero) is 3. The normalized spacial score (nSPS) is 14.0. The molecule has 0 atom stereocenters. The van der Waals surface area contributed by atoms with E-state index in [9.17, 15) is 56.3 Å². The first kappa shape index (κ1) is 78.4. The van der Waals surface area contributed by atoms with E-state index in [1.54, 1.807) is 146 Å². The Morgan fingerprint density at radius 2 is 0.704 bits per heavy atom. The molecule has 564 valence electrons. The third-order valence-electron chi connectivity index (χ3n) is 20.2. The molecular weight excluding hydrogens is 1390 g/mol. The molecule has 3 saturated heterocycles. The molecule has 0 spiro atoms. The van der Waals surface area contributed by atoms with Crippen molar-refractivity contribution < 1.29 is 56.3 Å². The molecule has 108 heavy (non-hydrogen) atoms. The number of carbonyl (C=O) groups is 9. The van der Waals surface area contributed by atoms with Crippen molar-refractivity contribution in [1.82, 2.24) is 54.6 Å². The molecule has 3 aliphatic heterocycles. The zero-order valence-corrected chi connectivity index (χ0v) is 62.4. The highest BCUT2D eigenvalue weighted by atomic mass is 19.1. The van der Waals surface area contributed by atoms with Crippen molar-refractivity contribution in [2.75, 3.05) is 69.9 Å². The number of aryl methyl sites for hydroxylation is 3. The highest BCUT2D eigenvalue weighted by Crippen LogP contribution is 2.29. The van der Waals surface area contributed by atoms with Crippen LogP contribution in [0.3, 0.4) is 0 Å². The fourth-order valence-electron chi connectivity index (χ4n) is 13.9. The Morgan fingerprint density at radius 1 is 0.380 bits per heavy atom. The lowest BCUT2D eigenvalue weighted by Crippen LogP contribution is -2.47. The zero-order valence-electron chi connectivity index (χ0n) is 62.4. The lowest BCUT2D eigenvalue weighted by Gasteiger charge is -2.33. The van der Waals surface area contributed by atoms with Crippen LogP contribution < -0.4 is 46.6 Å². The van der Waals surface area contributed by atoms with Gasteiger partial charge >= 0.3 is 0 Å². The van der Waals surface area contributed by atoms with Crippen LogP contribution in [0.5, 0.6) is 0 Å². The lowest BCUT2D eigenvalue weighted by atomic mass is 10.0. The van der Waals surface area contributed by atoms with Gasteiger partial charge in [-0.2, -0.15) is 0 Å². The molecule has 6 N–H and O–H groups in total. The number of aromatic nitrogens is 8. The second kappa shape index (κ2) is 34.4. The van der Waals surface area contributed by atoms with E-state index in [1.165, 1.54) is 48.5 Å². The Morgan fingerprint density at radius 3 is 1.02 bits per heavy atom. The Labute approximate surface area is 623 Å². The van der Waals surface area contributed by atoms with Gasteiger partial charge < -0.3 is 60.3 Å². The van der Waals surface area contributed by atoms with Crippen LogP contribution in [0.4, 0.5) is 47.8 Å². The van der Waals surface area contributed by atoms with E-state index in [-0.39, 0.29) is 52.7 Å². The highest BCUT2D eigenvalue weighted by molar-refractivity contribution is 6.44. The van der Waals surface area contributed by atoms with Crippen molar-refractivity contribution in [3.8, 4) is 0 Å². The number of ketones is 3. The summed E-state index contributed by atoms with van der Waals surface area (Å²) in [6, 6.07) is 20.0. The van der Waals surface area contributed by atoms with Crippen molar-refractivity contribution in [1.29, 1.82) is 0 Å². The third kappa shape index (κ3) is 17.9. The molecule has 0 radical (unpaired) electrons. The number of hydrogen-bond donors (Lipinski definition) is 6. The minimum absolute atomic E-state index is 0.118. The van der Waals surface area contributed by atoms with Crippen LogP contribution in [-0.2, 0) is 35.5 Å². The van der Waals surface area contributed by atoms with E-state index in [0.717, 1.165) is 24.7 Å². The molecular formula is C79H88F3N17O9. The summed E-state index contributed by atoms with van der Waals surface area (Å²) < 4.78 is 45.4. The molecule has 0 saturated carbocycles. The first-order valence-corrected chi connectivity index (χ1v) is 35.5. The number of nitrogens with zero attached hydrogens (tertiary/aromatic N) is 11. The average Bonchev–Trinajstić information content (AvgIpc) is 1.64. The van der Waals surface area contributed by atoms with E-state index >= 15 is 0 Å². The predicted molar refractivity (Wildman–Crippen MR) is 403 cm³/mol. The number of pyridine rings is 1. The number of anilines is 6. The van der Waals surface area contributed by atoms with E-state index in [2.05, 4.69) is 66.6 Å². The van der Waals surface area contributed by atoms with E-state index < -0.39 is 52.8 Å². The maximum absolute atomic E-state index is 13.6. The van der Waals surface area contributed by atoms with Crippen molar-refractivity contribution >= 4 is 87.4 Å². The summed E-state index contributed by atoms with van der Waals surface area (Å²) in [6.45, 7) is 19.1. The summed E-state index contributed by atoms with van der Waals surface area (Å²) in [5, 5.41) is 16.8. The van der Waals surface area contributed by atoms with Crippen molar-refractivity contribution in [3.05, 3.63) is 218 Å². The molecule has 3 aromatic carbocycles. The van der Waals surface area contributed by atoms with Gasteiger partial charge in [-0.1, -0.05) is 6.07 Å². The SMILES string of the molecule is Cc1cc(NC(=O)c2c(C)c(C(=O)C(=O)NC3CCN(c4ccccn4)CC3)n(C)c2C)ccc1F.Cc1cc(NC(=O)c2c(C)c(C(=O)C(=O)NC3CCN(c4cnccn4)CC3)n(C)c2C)ccc1F.Cc1cc(NC(=O)c2c(C)c(C(=O)C(=O)NC3CCN(c4ncccn4)CC3)n(C)c2C)ccc1F. The van der Waals surface area contributed by atoms with E-state index in [4.69, 9.17) is 0 Å². The molecule has 3 aliphatic rings. The number of benzene rings is 3. The Bertz CT molecular complexity index is 4420. The number of piperidine rings is 3. The smallest absolute Gasteiger partial charge is 0.294 e. The summed E-state index contributed by atoms with van der Waals surface area (Å²) in [7, 11) is 4.97. The van der Waals surface area contributed by atoms with Gasteiger partial charge in [-0.15, -0.1) is 0 Å². The van der Waals surface area contributed by atoms with E-state index in [1.807, 2.05) is 23.1 Å². The van der Waals surface area contributed by atoms with Gasteiger partial charge in [0.05, 0.1) is 40.0 Å². The second-order valence-electron chi connectivity index (χ2n) is 27.2. The van der Waals surface area contributed by atoms with Crippen LogP contribution in [0, 0.1) is 79.8 Å². The van der Waals surface area contributed by atoms with Gasteiger partial charge in [0, 0.05) is 144 Å². The monoisotopic (exact) mass is 1480 g/mol. The summed E-state index contributed by atoms with van der Waals surface area (Å²) in [5.41, 5.74) is 6.95. The van der Waals surface area contributed by atoms with Gasteiger partial charge in [-0.25, -0.2) is 33.1 Å². The van der Waals surface area contributed by atoms with Crippen molar-refractivity contribution in [3.63, 3.8) is 0 Å². The molecule has 6 amide bonds. The molecule has 9 aromatic rings. The molecule has 0 bridgehead atoms. The molecule has 26 nitrogen and oxygen atoms in total. The molecule has 0 aliphatic carbocycles. The Hall–Kier alpha value is -12.2. The summed E-state index contributed by atoms with van der Waals surface area (Å²) >= 11 is 0. The summed E-state index contributed by atoms with van der Waals surface area (Å²) in [4.78, 5) is 145. The number of carbonyl (C=O) groups excluding carboxylic acids is 9. The minimum Gasteiger partial charge on any atom is -0.356 e. The van der Waals surface area contributed by atoms with Crippen molar-refractivity contribution in [2.45, 2.75) is 119 Å². The lowest BCUT2D eigenvalue weighted by molar-refractivity contribution is -0.118. The van der Waals surface area contributed by atoms with Gasteiger partial charge in [0.2, 0.25) is 5.95 Å². The number of halogens is 3. The van der Waals surface area contributed by atoms with E-state index in [0.29, 0.717) is 155 Å². The fourth-order valence-corrected chi connectivity index (χ4v) is 13.9. The van der Waals surface area contributed by atoms with Crippen LogP contribution in [0.1, 0.15) is 152 Å². The Balaban J connectivity index is 0.000000173. The number of rotatable bonds is 18. The molecule has 12 rings (SSSR count). The largest absolute Gasteiger partial charge is 0.356 e. The number of amides is 6. The minimum atomic E-state index is -0.700. The molecule has 6 aromatic heterocycles. The van der Waals surface area contributed by atoms with Crippen molar-refractivity contribution in [2.24, 2.45) is 21.1 Å². The van der Waals surface area contributed by atoms with Gasteiger partial charge in [-0.05, 0) is 207 Å². The summed E-state index contributed by atoms with van der Waals surface area (Å²) in [5.74, 6) is -4.17. The van der Waals surface area contributed by atoms with Gasteiger partial charge in [-0.3, -0.25) is 48.1 Å².